The maximum Gasteiger partial charge on any atom is 0.335 e. The summed E-state index contributed by atoms with van der Waals surface area (Å²) in [6.07, 6.45) is 1.64. The molecule has 2 rings (SSSR count). The Kier molecular flexibility index (Phi) is 4.16. The van der Waals surface area contributed by atoms with Crippen molar-refractivity contribution in [2.24, 2.45) is 0 Å². The molecule has 0 aliphatic heterocycles. The number of carboxylic acids is 1. The fourth-order valence-electron chi connectivity index (χ4n) is 1.70. The number of rotatable bonds is 5. The molecular weight excluding hydrogens is 264 g/mol. The van der Waals surface area contributed by atoms with Crippen molar-refractivity contribution < 1.29 is 19.1 Å². The van der Waals surface area contributed by atoms with Crippen LogP contribution in [0.3, 0.4) is 0 Å². The molecule has 0 spiro atoms. The molecule has 100 valence electrons. The second-order valence-corrected chi connectivity index (χ2v) is 4.98. The normalized spacial score (nSPS) is 10.4. The maximum atomic E-state index is 11.0. The zero-order valence-corrected chi connectivity index (χ0v) is 11.5. The zero-order valence-electron chi connectivity index (χ0n) is 10.7. The molecule has 4 nitrogen and oxygen atoms in total. The molecule has 0 atom stereocenters. The third kappa shape index (κ3) is 3.12. The van der Waals surface area contributed by atoms with Gasteiger partial charge < -0.3 is 14.3 Å². The minimum absolute atomic E-state index is 0.264. The van der Waals surface area contributed by atoms with E-state index < -0.39 is 5.97 Å². The molecular formula is C14H14O4S. The number of hydrogen-bond donors (Lipinski definition) is 1. The highest BCUT2D eigenvalue weighted by Crippen LogP contribution is 2.30. The molecule has 1 aromatic carbocycles. The lowest BCUT2D eigenvalue weighted by Crippen LogP contribution is -1.99. The standard InChI is InChI=1S/C14H14O4S/c1-9-13(5-6-18-9)19-8-11-7-10(14(15)16)3-4-12(11)17-2/h3-7H,8H2,1-2H3,(H,15,16). The minimum Gasteiger partial charge on any atom is -0.496 e. The predicted molar refractivity (Wildman–Crippen MR) is 73.0 cm³/mol. The van der Waals surface area contributed by atoms with Crippen LogP contribution >= 0.6 is 11.8 Å². The third-order valence-electron chi connectivity index (χ3n) is 2.72. The summed E-state index contributed by atoms with van der Waals surface area (Å²) < 4.78 is 10.5. The molecule has 0 radical (unpaired) electrons. The summed E-state index contributed by atoms with van der Waals surface area (Å²) in [5.41, 5.74) is 1.12. The van der Waals surface area contributed by atoms with Gasteiger partial charge in [-0.25, -0.2) is 4.79 Å². The number of aromatic carboxylic acids is 1. The van der Waals surface area contributed by atoms with Crippen molar-refractivity contribution in [1.29, 1.82) is 0 Å². The fourth-order valence-corrected chi connectivity index (χ4v) is 2.64. The summed E-state index contributed by atoms with van der Waals surface area (Å²) >= 11 is 1.59. The van der Waals surface area contributed by atoms with Crippen LogP contribution in [-0.4, -0.2) is 18.2 Å². The SMILES string of the molecule is COc1ccc(C(=O)O)cc1CSc1ccoc1C. The number of carbonyl (C=O) groups is 1. The number of thioether (sulfide) groups is 1. The Labute approximate surface area is 115 Å². The van der Waals surface area contributed by atoms with Crippen LogP contribution in [0, 0.1) is 6.92 Å². The Hall–Kier alpha value is -1.88. The maximum absolute atomic E-state index is 11.0. The Morgan fingerprint density at radius 2 is 2.21 bits per heavy atom. The number of aryl methyl sites for hydroxylation is 1. The Morgan fingerprint density at radius 3 is 2.79 bits per heavy atom. The van der Waals surface area contributed by atoms with Crippen molar-refractivity contribution >= 4 is 17.7 Å². The third-order valence-corrected chi connectivity index (χ3v) is 3.91. The summed E-state index contributed by atoms with van der Waals surface area (Å²) in [7, 11) is 1.58. The van der Waals surface area contributed by atoms with Gasteiger partial charge in [0.2, 0.25) is 0 Å². The zero-order chi connectivity index (χ0) is 13.8. The molecule has 0 aliphatic rings. The Morgan fingerprint density at radius 1 is 1.42 bits per heavy atom. The van der Waals surface area contributed by atoms with Gasteiger partial charge >= 0.3 is 5.97 Å². The molecule has 1 aromatic heterocycles. The highest BCUT2D eigenvalue weighted by Gasteiger charge is 2.10. The van der Waals surface area contributed by atoms with Gasteiger partial charge in [-0.15, -0.1) is 11.8 Å². The van der Waals surface area contributed by atoms with Gasteiger partial charge in [-0.3, -0.25) is 0 Å². The lowest BCUT2D eigenvalue weighted by molar-refractivity contribution is 0.0696. The quantitative estimate of drug-likeness (QED) is 0.847. The average molecular weight is 278 g/mol. The predicted octanol–water partition coefficient (Wildman–Crippen LogP) is 3.59. The number of carboxylic acid groups (broad SMARTS) is 1. The molecule has 0 unspecified atom stereocenters. The summed E-state index contributed by atoms with van der Waals surface area (Å²) in [5, 5.41) is 9.01. The van der Waals surface area contributed by atoms with E-state index in [9.17, 15) is 4.79 Å². The van der Waals surface area contributed by atoms with Gasteiger partial charge in [-0.05, 0) is 31.2 Å². The van der Waals surface area contributed by atoms with Crippen molar-refractivity contribution in [3.63, 3.8) is 0 Å². The molecule has 19 heavy (non-hydrogen) atoms. The van der Waals surface area contributed by atoms with Gasteiger partial charge in [0, 0.05) is 16.2 Å². The van der Waals surface area contributed by atoms with E-state index in [1.165, 1.54) is 0 Å². The van der Waals surface area contributed by atoms with E-state index in [-0.39, 0.29) is 5.56 Å². The topological polar surface area (TPSA) is 59.7 Å². The van der Waals surface area contributed by atoms with E-state index >= 15 is 0 Å². The van der Waals surface area contributed by atoms with Gasteiger partial charge in [0.05, 0.1) is 18.9 Å². The summed E-state index contributed by atoms with van der Waals surface area (Å²) in [6, 6.07) is 6.76. The molecule has 0 saturated heterocycles. The molecule has 0 fully saturated rings. The van der Waals surface area contributed by atoms with Crippen molar-refractivity contribution in [3.05, 3.63) is 47.4 Å². The second-order valence-electron chi connectivity index (χ2n) is 3.96. The lowest BCUT2D eigenvalue weighted by atomic mass is 10.1. The Bertz CT molecular complexity index is 589. The first-order valence-electron chi connectivity index (χ1n) is 5.69. The highest BCUT2D eigenvalue weighted by atomic mass is 32.2. The van der Waals surface area contributed by atoms with E-state index in [0.717, 1.165) is 16.2 Å². The number of methoxy groups -OCH3 is 1. The van der Waals surface area contributed by atoms with E-state index in [4.69, 9.17) is 14.3 Å². The number of benzene rings is 1. The van der Waals surface area contributed by atoms with E-state index in [0.29, 0.717) is 11.5 Å². The molecule has 0 saturated carbocycles. The first-order valence-corrected chi connectivity index (χ1v) is 6.67. The van der Waals surface area contributed by atoms with Crippen LogP contribution in [0.25, 0.3) is 0 Å². The molecule has 0 bridgehead atoms. The van der Waals surface area contributed by atoms with Crippen molar-refractivity contribution in [2.75, 3.05) is 7.11 Å². The molecule has 1 N–H and O–H groups in total. The lowest BCUT2D eigenvalue weighted by Gasteiger charge is -2.09. The van der Waals surface area contributed by atoms with Gasteiger partial charge in [-0.2, -0.15) is 0 Å². The van der Waals surface area contributed by atoms with Crippen LogP contribution in [0.2, 0.25) is 0 Å². The van der Waals surface area contributed by atoms with Crippen molar-refractivity contribution in [3.8, 4) is 5.75 Å². The molecule has 5 heteroatoms. The van der Waals surface area contributed by atoms with E-state index in [1.807, 2.05) is 13.0 Å². The van der Waals surface area contributed by atoms with Crippen LogP contribution in [0.1, 0.15) is 21.7 Å². The largest absolute Gasteiger partial charge is 0.496 e. The van der Waals surface area contributed by atoms with Crippen molar-refractivity contribution in [2.45, 2.75) is 17.6 Å². The number of hydrogen-bond acceptors (Lipinski definition) is 4. The number of furan rings is 1. The highest BCUT2D eigenvalue weighted by molar-refractivity contribution is 7.98. The minimum atomic E-state index is -0.937. The van der Waals surface area contributed by atoms with Crippen LogP contribution in [-0.2, 0) is 5.75 Å². The van der Waals surface area contributed by atoms with Gasteiger partial charge in [0.1, 0.15) is 11.5 Å². The molecule has 0 amide bonds. The number of ether oxygens (including phenoxy) is 1. The smallest absolute Gasteiger partial charge is 0.335 e. The van der Waals surface area contributed by atoms with E-state index in [2.05, 4.69) is 0 Å². The van der Waals surface area contributed by atoms with E-state index in [1.54, 1.807) is 43.3 Å². The molecule has 0 aliphatic carbocycles. The van der Waals surface area contributed by atoms with Crippen molar-refractivity contribution in [1.82, 2.24) is 0 Å². The van der Waals surface area contributed by atoms with Crippen LogP contribution in [0.4, 0.5) is 0 Å². The van der Waals surface area contributed by atoms with Gasteiger partial charge in [0.25, 0.3) is 0 Å². The van der Waals surface area contributed by atoms with Crippen LogP contribution in [0.15, 0.2) is 39.8 Å². The van der Waals surface area contributed by atoms with Gasteiger partial charge in [-0.1, -0.05) is 0 Å². The summed E-state index contributed by atoms with van der Waals surface area (Å²) in [5.74, 6) is 1.25. The second kappa shape index (κ2) is 5.84. The summed E-state index contributed by atoms with van der Waals surface area (Å²) in [4.78, 5) is 12.0. The first kappa shape index (κ1) is 13.5. The molecule has 1 heterocycles. The van der Waals surface area contributed by atoms with Crippen LogP contribution < -0.4 is 4.74 Å². The van der Waals surface area contributed by atoms with Gasteiger partial charge in [0.15, 0.2) is 0 Å². The monoisotopic (exact) mass is 278 g/mol. The summed E-state index contributed by atoms with van der Waals surface area (Å²) in [6.45, 7) is 1.90. The first-order chi connectivity index (χ1) is 9.11. The molecule has 2 aromatic rings. The van der Waals surface area contributed by atoms with Crippen LogP contribution in [0.5, 0.6) is 5.75 Å². The fraction of sp³-hybridized carbons (Fsp3) is 0.214. The average Bonchev–Trinajstić information content (AvgIpc) is 2.81. The Balaban J connectivity index is 2.20.